The summed E-state index contributed by atoms with van der Waals surface area (Å²) < 4.78 is 41.9. The van der Waals surface area contributed by atoms with Gasteiger partial charge >= 0.3 is 6.18 Å². The van der Waals surface area contributed by atoms with Crippen LogP contribution < -0.4 is 10.6 Å². The summed E-state index contributed by atoms with van der Waals surface area (Å²) in [4.78, 5) is 13.3. The molecule has 1 aliphatic heterocycles. The lowest BCUT2D eigenvalue weighted by Crippen LogP contribution is -2.35. The van der Waals surface area contributed by atoms with Crippen molar-refractivity contribution in [1.82, 2.24) is 15.1 Å². The molecule has 3 heterocycles. The van der Waals surface area contributed by atoms with Crippen LogP contribution in [0.3, 0.4) is 0 Å². The standard InChI is InChI=1S/C19H17F3N4OS/c20-19(21,22)16-9-14(12-5-2-1-3-6-12)24-17-10-15(25-26(16)17)18(27)23-11-13-7-4-8-28-13/h1-8,10,14,16,24H,9,11H2,(H,23,27)/t14-,16-/m0/s1. The van der Waals surface area contributed by atoms with Crippen molar-refractivity contribution in [3.05, 3.63) is 70.0 Å². The molecule has 0 spiro atoms. The lowest BCUT2D eigenvalue weighted by molar-refractivity contribution is -0.173. The van der Waals surface area contributed by atoms with Crippen LogP contribution in [0, 0.1) is 0 Å². The number of aromatic nitrogens is 2. The van der Waals surface area contributed by atoms with Crippen molar-refractivity contribution in [1.29, 1.82) is 0 Å². The topological polar surface area (TPSA) is 59.0 Å². The number of nitrogens with one attached hydrogen (secondary N) is 2. The van der Waals surface area contributed by atoms with Crippen molar-refractivity contribution in [3.63, 3.8) is 0 Å². The molecule has 1 amide bonds. The van der Waals surface area contributed by atoms with Gasteiger partial charge in [0.1, 0.15) is 5.82 Å². The van der Waals surface area contributed by atoms with Crippen LogP contribution in [0.1, 0.15) is 39.4 Å². The number of fused-ring (bicyclic) bond motifs is 1. The van der Waals surface area contributed by atoms with Crippen LogP contribution in [0.4, 0.5) is 19.0 Å². The molecule has 2 N–H and O–H groups in total. The molecular weight excluding hydrogens is 389 g/mol. The van der Waals surface area contributed by atoms with E-state index in [0.29, 0.717) is 6.54 Å². The van der Waals surface area contributed by atoms with Gasteiger partial charge in [0.15, 0.2) is 11.7 Å². The highest BCUT2D eigenvalue weighted by atomic mass is 32.1. The fourth-order valence-electron chi connectivity index (χ4n) is 3.26. The predicted octanol–water partition coefficient (Wildman–Crippen LogP) is 4.53. The first-order valence-electron chi connectivity index (χ1n) is 8.70. The molecule has 3 aromatic rings. The van der Waals surface area contributed by atoms with E-state index in [4.69, 9.17) is 0 Å². The van der Waals surface area contributed by atoms with E-state index in [9.17, 15) is 18.0 Å². The molecule has 1 aliphatic rings. The summed E-state index contributed by atoms with van der Waals surface area (Å²) in [5.41, 5.74) is 0.718. The van der Waals surface area contributed by atoms with Crippen molar-refractivity contribution in [3.8, 4) is 0 Å². The number of alkyl halides is 3. The first-order chi connectivity index (χ1) is 13.4. The lowest BCUT2D eigenvalue weighted by atomic mass is 9.97. The molecule has 0 saturated heterocycles. The molecule has 1 aromatic carbocycles. The zero-order chi connectivity index (χ0) is 19.7. The summed E-state index contributed by atoms with van der Waals surface area (Å²) in [5.74, 6) is -0.321. The van der Waals surface area contributed by atoms with Crippen LogP contribution in [-0.4, -0.2) is 21.9 Å². The number of hydrogen-bond donors (Lipinski definition) is 2. The van der Waals surface area contributed by atoms with Gasteiger partial charge in [-0.3, -0.25) is 4.79 Å². The number of carbonyl (C=O) groups excluding carboxylic acids is 1. The third-order valence-corrected chi connectivity index (χ3v) is 5.50. The smallest absolute Gasteiger partial charge is 0.363 e. The van der Waals surface area contributed by atoms with Gasteiger partial charge in [0.05, 0.1) is 12.6 Å². The summed E-state index contributed by atoms with van der Waals surface area (Å²) in [6.45, 7) is 0.307. The van der Waals surface area contributed by atoms with Gasteiger partial charge < -0.3 is 10.6 Å². The molecule has 2 atom stereocenters. The molecule has 0 aliphatic carbocycles. The predicted molar refractivity (Wildman–Crippen MR) is 100 cm³/mol. The molecule has 0 bridgehead atoms. The van der Waals surface area contributed by atoms with Gasteiger partial charge in [0.2, 0.25) is 0 Å². The molecule has 146 valence electrons. The molecular formula is C19H17F3N4OS. The SMILES string of the molecule is O=C(NCc1cccs1)c1cc2n(n1)[C@H](C(F)(F)F)C[C@@H](c1ccccc1)N2. The Balaban J connectivity index is 1.59. The number of amides is 1. The molecule has 0 unspecified atom stereocenters. The number of benzene rings is 1. The van der Waals surface area contributed by atoms with Crippen LogP contribution in [0.5, 0.6) is 0 Å². The third-order valence-electron chi connectivity index (χ3n) is 4.63. The van der Waals surface area contributed by atoms with Crippen LogP contribution in [0.2, 0.25) is 0 Å². The van der Waals surface area contributed by atoms with Gasteiger partial charge in [-0.15, -0.1) is 11.3 Å². The summed E-state index contributed by atoms with van der Waals surface area (Å²) in [6, 6.07) is 11.7. The molecule has 5 nitrogen and oxygen atoms in total. The number of hydrogen-bond acceptors (Lipinski definition) is 4. The molecule has 9 heteroatoms. The maximum Gasteiger partial charge on any atom is 0.410 e. The normalized spacial score (nSPS) is 19.0. The van der Waals surface area contributed by atoms with Gasteiger partial charge in [-0.1, -0.05) is 36.4 Å². The second kappa shape index (κ2) is 7.31. The van der Waals surface area contributed by atoms with Gasteiger partial charge in [-0.2, -0.15) is 18.3 Å². The summed E-state index contributed by atoms with van der Waals surface area (Å²) >= 11 is 1.49. The zero-order valence-corrected chi connectivity index (χ0v) is 15.4. The number of thiophene rings is 1. The van der Waals surface area contributed by atoms with Crippen LogP contribution >= 0.6 is 11.3 Å². The van der Waals surface area contributed by atoms with Gasteiger partial charge in [0.25, 0.3) is 5.91 Å². The molecule has 4 rings (SSSR count). The number of nitrogens with zero attached hydrogens (tertiary/aromatic N) is 2. The first-order valence-corrected chi connectivity index (χ1v) is 9.58. The van der Waals surface area contributed by atoms with Crippen LogP contribution in [0.25, 0.3) is 0 Å². The quantitative estimate of drug-likeness (QED) is 0.669. The van der Waals surface area contributed by atoms with E-state index in [-0.39, 0.29) is 17.9 Å². The molecule has 0 radical (unpaired) electrons. The molecule has 2 aromatic heterocycles. The second-order valence-corrected chi connectivity index (χ2v) is 7.55. The van der Waals surface area contributed by atoms with Gasteiger partial charge in [-0.25, -0.2) is 4.68 Å². The van der Waals surface area contributed by atoms with E-state index in [0.717, 1.165) is 15.1 Å². The van der Waals surface area contributed by atoms with E-state index >= 15 is 0 Å². The fraction of sp³-hybridized carbons (Fsp3) is 0.263. The molecule has 0 saturated carbocycles. The average molecular weight is 406 g/mol. The summed E-state index contributed by atoms with van der Waals surface area (Å²) in [6.07, 6.45) is -4.67. The number of rotatable bonds is 4. The van der Waals surface area contributed by atoms with E-state index in [1.54, 1.807) is 24.3 Å². The number of carbonyl (C=O) groups is 1. The first kappa shape index (κ1) is 18.5. The molecule has 0 fully saturated rings. The maximum atomic E-state index is 13.7. The minimum absolute atomic E-state index is 0.0398. The Hall–Kier alpha value is -2.81. The Labute approximate surface area is 163 Å². The van der Waals surface area contributed by atoms with Gasteiger partial charge in [-0.05, 0) is 17.0 Å². The Bertz CT molecular complexity index is 953. The van der Waals surface area contributed by atoms with E-state index in [1.807, 2.05) is 23.6 Å². The maximum absolute atomic E-state index is 13.7. The minimum atomic E-state index is -4.47. The lowest BCUT2D eigenvalue weighted by Gasteiger charge is -2.33. The van der Waals surface area contributed by atoms with Crippen LogP contribution in [-0.2, 0) is 6.54 Å². The number of halogens is 3. The van der Waals surface area contributed by atoms with Crippen molar-refractivity contribution >= 4 is 23.1 Å². The Morgan fingerprint density at radius 2 is 2.04 bits per heavy atom. The largest absolute Gasteiger partial charge is 0.410 e. The van der Waals surface area contributed by atoms with Crippen molar-refractivity contribution < 1.29 is 18.0 Å². The van der Waals surface area contributed by atoms with Crippen molar-refractivity contribution in [2.45, 2.75) is 31.2 Å². The Kier molecular flexibility index (Phi) is 4.84. The molecule has 28 heavy (non-hydrogen) atoms. The minimum Gasteiger partial charge on any atom is -0.363 e. The van der Waals surface area contributed by atoms with Crippen molar-refractivity contribution in [2.24, 2.45) is 0 Å². The van der Waals surface area contributed by atoms with E-state index < -0.39 is 24.2 Å². The van der Waals surface area contributed by atoms with Gasteiger partial charge in [0, 0.05) is 17.4 Å². The summed E-state index contributed by atoms with van der Waals surface area (Å²) in [5, 5.41) is 11.6. The number of anilines is 1. The van der Waals surface area contributed by atoms with E-state index in [1.165, 1.54) is 17.4 Å². The monoisotopic (exact) mass is 406 g/mol. The average Bonchev–Trinajstić information content (AvgIpc) is 3.34. The Morgan fingerprint density at radius 3 is 2.71 bits per heavy atom. The van der Waals surface area contributed by atoms with Crippen molar-refractivity contribution in [2.75, 3.05) is 5.32 Å². The van der Waals surface area contributed by atoms with E-state index in [2.05, 4.69) is 15.7 Å². The highest BCUT2D eigenvalue weighted by Gasteiger charge is 2.46. The third kappa shape index (κ3) is 3.75. The highest BCUT2D eigenvalue weighted by Crippen LogP contribution is 2.43. The second-order valence-electron chi connectivity index (χ2n) is 6.52. The highest BCUT2D eigenvalue weighted by molar-refractivity contribution is 7.09. The fourth-order valence-corrected chi connectivity index (χ4v) is 3.90. The zero-order valence-electron chi connectivity index (χ0n) is 14.6. The summed E-state index contributed by atoms with van der Waals surface area (Å²) in [7, 11) is 0. The van der Waals surface area contributed by atoms with Crippen LogP contribution in [0.15, 0.2) is 53.9 Å². The Morgan fingerprint density at radius 1 is 1.25 bits per heavy atom.